The van der Waals surface area contributed by atoms with Crippen LogP contribution in [0, 0.1) is 0 Å². The molecule has 1 aliphatic rings. The van der Waals surface area contributed by atoms with Crippen molar-refractivity contribution in [1.82, 2.24) is 10.2 Å². The van der Waals surface area contributed by atoms with Gasteiger partial charge in [0.1, 0.15) is 11.9 Å². The number of carbonyl (C=O) groups is 1. The summed E-state index contributed by atoms with van der Waals surface area (Å²) < 4.78 is 5.95. The van der Waals surface area contributed by atoms with E-state index in [1.165, 1.54) is 4.88 Å². The summed E-state index contributed by atoms with van der Waals surface area (Å²) in [6.45, 7) is 5.82. The van der Waals surface area contributed by atoms with Gasteiger partial charge in [0, 0.05) is 28.6 Å². The average molecular weight is 379 g/mol. The third-order valence-electron chi connectivity index (χ3n) is 4.26. The van der Waals surface area contributed by atoms with Crippen LogP contribution in [0.25, 0.3) is 0 Å². The number of ether oxygens (including phenoxy) is 1. The summed E-state index contributed by atoms with van der Waals surface area (Å²) in [5.74, 6) is 0.891. The number of amides is 1. The first-order valence-electron chi connectivity index (χ1n) is 8.55. The van der Waals surface area contributed by atoms with Crippen LogP contribution in [-0.4, -0.2) is 30.0 Å². The summed E-state index contributed by atoms with van der Waals surface area (Å²) >= 11 is 7.79. The highest BCUT2D eigenvalue weighted by Gasteiger charge is 2.23. The van der Waals surface area contributed by atoms with Crippen molar-refractivity contribution in [3.8, 4) is 5.75 Å². The predicted molar refractivity (Wildman–Crippen MR) is 102 cm³/mol. The quantitative estimate of drug-likeness (QED) is 0.845. The lowest BCUT2D eigenvalue weighted by Crippen LogP contribution is -2.40. The van der Waals surface area contributed by atoms with Crippen LogP contribution < -0.4 is 10.1 Å². The predicted octanol–water partition coefficient (Wildman–Crippen LogP) is 4.25. The lowest BCUT2D eigenvalue weighted by Gasteiger charge is -2.23. The van der Waals surface area contributed by atoms with E-state index in [1.54, 1.807) is 11.3 Å². The number of nitrogens with zero attached hydrogens (tertiary/aromatic N) is 1. The molecule has 0 saturated carbocycles. The summed E-state index contributed by atoms with van der Waals surface area (Å²) in [5.41, 5.74) is 1.02. The molecule has 1 aromatic heterocycles. The smallest absolute Gasteiger partial charge is 0.234 e. The van der Waals surface area contributed by atoms with Crippen LogP contribution in [0.2, 0.25) is 5.02 Å². The molecule has 0 fully saturated rings. The van der Waals surface area contributed by atoms with Gasteiger partial charge in [-0.15, -0.1) is 11.3 Å². The Labute approximate surface area is 157 Å². The largest absolute Gasteiger partial charge is 0.489 e. The lowest BCUT2D eigenvalue weighted by atomic mass is 10.1. The van der Waals surface area contributed by atoms with Crippen molar-refractivity contribution < 1.29 is 9.53 Å². The van der Waals surface area contributed by atoms with Gasteiger partial charge in [-0.05, 0) is 43.0 Å². The van der Waals surface area contributed by atoms with Crippen molar-refractivity contribution in [2.75, 3.05) is 13.1 Å². The highest BCUT2D eigenvalue weighted by Crippen LogP contribution is 2.28. The Balaban J connectivity index is 1.66. The zero-order chi connectivity index (χ0) is 17.8. The van der Waals surface area contributed by atoms with Gasteiger partial charge < -0.3 is 10.1 Å². The van der Waals surface area contributed by atoms with Gasteiger partial charge in [0.25, 0.3) is 0 Å². The first-order chi connectivity index (χ1) is 12.0. The maximum absolute atomic E-state index is 12.6. The summed E-state index contributed by atoms with van der Waals surface area (Å²) in [6.07, 6.45) is 0.902. The molecule has 134 valence electrons. The SMILES string of the molecule is CC[C@H](NC(=O)CN1Cc2cc(Cl)ccc2O[C@H](C)C1)c1cccs1. The molecule has 0 saturated heterocycles. The van der Waals surface area contributed by atoms with Crippen molar-refractivity contribution in [2.45, 2.75) is 39.0 Å². The van der Waals surface area contributed by atoms with Crippen molar-refractivity contribution in [3.63, 3.8) is 0 Å². The molecular formula is C19H23ClN2O2S. The molecule has 0 aliphatic carbocycles. The molecule has 1 aliphatic heterocycles. The van der Waals surface area contributed by atoms with Crippen molar-refractivity contribution in [1.29, 1.82) is 0 Å². The Bertz CT molecular complexity index is 720. The summed E-state index contributed by atoms with van der Waals surface area (Å²) in [6, 6.07) is 9.82. The number of hydrogen-bond acceptors (Lipinski definition) is 4. The first kappa shape index (κ1) is 18.2. The molecule has 2 aromatic rings. The number of hydrogen-bond donors (Lipinski definition) is 1. The minimum atomic E-state index is 0.0227. The van der Waals surface area contributed by atoms with Gasteiger partial charge in [-0.3, -0.25) is 9.69 Å². The van der Waals surface area contributed by atoms with E-state index in [9.17, 15) is 4.79 Å². The monoisotopic (exact) mass is 378 g/mol. The van der Waals surface area contributed by atoms with E-state index in [2.05, 4.69) is 23.2 Å². The number of halogens is 1. The fourth-order valence-corrected chi connectivity index (χ4v) is 4.19. The minimum Gasteiger partial charge on any atom is -0.489 e. The molecule has 1 amide bonds. The van der Waals surface area contributed by atoms with Gasteiger partial charge in [0.05, 0.1) is 12.6 Å². The fourth-order valence-electron chi connectivity index (χ4n) is 3.14. The Morgan fingerprint density at radius 2 is 2.32 bits per heavy atom. The summed E-state index contributed by atoms with van der Waals surface area (Å²) in [5, 5.41) is 5.88. The first-order valence-corrected chi connectivity index (χ1v) is 9.81. The van der Waals surface area contributed by atoms with Gasteiger partial charge >= 0.3 is 0 Å². The Hall–Kier alpha value is -1.56. The van der Waals surface area contributed by atoms with E-state index >= 15 is 0 Å². The van der Waals surface area contributed by atoms with Crippen LogP contribution in [-0.2, 0) is 11.3 Å². The van der Waals surface area contributed by atoms with E-state index in [4.69, 9.17) is 16.3 Å². The third-order valence-corrected chi connectivity index (χ3v) is 5.48. The van der Waals surface area contributed by atoms with Crippen LogP contribution in [0.15, 0.2) is 35.7 Å². The van der Waals surface area contributed by atoms with Crippen LogP contribution in [0.4, 0.5) is 0 Å². The fraction of sp³-hybridized carbons (Fsp3) is 0.421. The number of nitrogens with one attached hydrogen (secondary N) is 1. The molecule has 1 N–H and O–H groups in total. The van der Waals surface area contributed by atoms with Crippen LogP contribution in [0.3, 0.4) is 0 Å². The average Bonchev–Trinajstić information content (AvgIpc) is 3.04. The normalized spacial score (nSPS) is 18.8. The number of fused-ring (bicyclic) bond motifs is 1. The van der Waals surface area contributed by atoms with Crippen molar-refractivity contribution >= 4 is 28.8 Å². The second-order valence-corrected chi connectivity index (χ2v) is 7.81. The van der Waals surface area contributed by atoms with Gasteiger partial charge in [-0.2, -0.15) is 0 Å². The van der Waals surface area contributed by atoms with E-state index < -0.39 is 0 Å². The minimum absolute atomic E-state index is 0.0227. The lowest BCUT2D eigenvalue weighted by molar-refractivity contribution is -0.123. The molecule has 2 heterocycles. The molecule has 1 aromatic carbocycles. The summed E-state index contributed by atoms with van der Waals surface area (Å²) in [7, 11) is 0. The zero-order valence-corrected chi connectivity index (χ0v) is 16.1. The van der Waals surface area contributed by atoms with Crippen LogP contribution in [0.1, 0.15) is 36.8 Å². The number of rotatable bonds is 5. The Morgan fingerprint density at radius 1 is 1.48 bits per heavy atom. The van der Waals surface area contributed by atoms with E-state index in [1.807, 2.05) is 36.6 Å². The van der Waals surface area contributed by atoms with E-state index in [-0.39, 0.29) is 18.1 Å². The van der Waals surface area contributed by atoms with Gasteiger partial charge in [0.2, 0.25) is 5.91 Å². The molecule has 3 rings (SSSR count). The zero-order valence-electron chi connectivity index (χ0n) is 14.5. The number of thiophene rings is 1. The molecule has 4 nitrogen and oxygen atoms in total. The molecule has 0 bridgehead atoms. The summed E-state index contributed by atoms with van der Waals surface area (Å²) in [4.78, 5) is 15.9. The second kappa shape index (κ2) is 8.21. The Morgan fingerprint density at radius 3 is 3.04 bits per heavy atom. The third kappa shape index (κ3) is 4.75. The highest BCUT2D eigenvalue weighted by atomic mass is 35.5. The Kier molecular flexibility index (Phi) is 5.99. The van der Waals surface area contributed by atoms with Gasteiger partial charge in [0.15, 0.2) is 0 Å². The standard InChI is InChI=1S/C19H23ClN2O2S/c1-3-16(18-5-4-8-25-18)21-19(23)12-22-10-13(2)24-17-7-6-15(20)9-14(17)11-22/h4-9,13,16H,3,10-12H2,1-2H3,(H,21,23)/t13-,16+/m1/s1. The van der Waals surface area contributed by atoms with Crippen molar-refractivity contribution in [2.24, 2.45) is 0 Å². The van der Waals surface area contributed by atoms with Crippen molar-refractivity contribution in [3.05, 3.63) is 51.2 Å². The second-order valence-electron chi connectivity index (χ2n) is 6.39. The number of benzene rings is 1. The molecule has 0 unspecified atom stereocenters. The number of carbonyl (C=O) groups excluding carboxylic acids is 1. The molecule has 0 radical (unpaired) electrons. The van der Waals surface area contributed by atoms with E-state index in [0.717, 1.165) is 17.7 Å². The molecule has 2 atom stereocenters. The molecule has 0 spiro atoms. The maximum Gasteiger partial charge on any atom is 0.234 e. The molecule has 6 heteroatoms. The van der Waals surface area contributed by atoms with E-state index in [0.29, 0.717) is 24.7 Å². The van der Waals surface area contributed by atoms with Crippen LogP contribution in [0.5, 0.6) is 5.75 Å². The highest BCUT2D eigenvalue weighted by molar-refractivity contribution is 7.10. The van der Waals surface area contributed by atoms with Crippen LogP contribution >= 0.6 is 22.9 Å². The maximum atomic E-state index is 12.6. The topological polar surface area (TPSA) is 41.6 Å². The molecular weight excluding hydrogens is 356 g/mol. The van der Waals surface area contributed by atoms with Gasteiger partial charge in [-0.1, -0.05) is 24.6 Å². The molecule has 25 heavy (non-hydrogen) atoms. The van der Waals surface area contributed by atoms with Gasteiger partial charge in [-0.25, -0.2) is 0 Å².